The number of nitro groups is 1. The Morgan fingerprint density at radius 3 is 2.72 bits per heavy atom. The van der Waals surface area contributed by atoms with Crippen LogP contribution in [0.25, 0.3) is 0 Å². The van der Waals surface area contributed by atoms with Gasteiger partial charge >= 0.3 is 17.4 Å². The molecule has 1 aliphatic rings. The zero-order valence-electron chi connectivity index (χ0n) is 9.91. The number of hydrogen-bond donors (Lipinski definition) is 1. The summed E-state index contributed by atoms with van der Waals surface area (Å²) in [7, 11) is 1.31. The minimum Gasteiger partial charge on any atom is -0.476 e. The van der Waals surface area contributed by atoms with Gasteiger partial charge in [0.1, 0.15) is 12.4 Å². The maximum absolute atomic E-state index is 11.0. The number of nitrogens with two attached hydrogens (primary N) is 1. The van der Waals surface area contributed by atoms with E-state index in [1.165, 1.54) is 13.4 Å². The molecule has 1 fully saturated rings. The monoisotopic (exact) mass is 254 g/mol. The fourth-order valence-corrected chi connectivity index (χ4v) is 1.98. The quantitative estimate of drug-likeness (QED) is 0.619. The van der Waals surface area contributed by atoms with Crippen LogP contribution in [0.2, 0.25) is 0 Å². The fraction of sp³-hybridized carbons (Fsp3) is 0.600. The smallest absolute Gasteiger partial charge is 0.392 e. The molecule has 1 aliphatic carbocycles. The summed E-state index contributed by atoms with van der Waals surface area (Å²) in [5, 5.41) is 11.0. The van der Waals surface area contributed by atoms with Gasteiger partial charge in [-0.1, -0.05) is 0 Å². The number of aromatic nitrogens is 2. The lowest BCUT2D eigenvalue weighted by molar-refractivity contribution is -0.387. The maximum atomic E-state index is 11.0. The van der Waals surface area contributed by atoms with Gasteiger partial charge in [0.05, 0.1) is 12.0 Å². The Morgan fingerprint density at radius 2 is 2.17 bits per heavy atom. The first-order valence-corrected chi connectivity index (χ1v) is 5.59. The summed E-state index contributed by atoms with van der Waals surface area (Å²) in [5.74, 6) is -0.203. The molecule has 1 heterocycles. The summed E-state index contributed by atoms with van der Waals surface area (Å²) >= 11 is 0. The van der Waals surface area contributed by atoms with Crippen LogP contribution in [0.5, 0.6) is 11.8 Å². The van der Waals surface area contributed by atoms with Crippen molar-refractivity contribution in [3.05, 3.63) is 16.4 Å². The van der Waals surface area contributed by atoms with Crippen molar-refractivity contribution in [2.75, 3.05) is 7.11 Å². The molecule has 98 valence electrons. The molecule has 1 aromatic rings. The van der Waals surface area contributed by atoms with Gasteiger partial charge in [0.15, 0.2) is 0 Å². The number of ether oxygens (including phenoxy) is 2. The number of nitrogens with zero attached hydrogens (tertiary/aromatic N) is 3. The van der Waals surface area contributed by atoms with Gasteiger partial charge in [0.25, 0.3) is 0 Å². The Labute approximate surface area is 103 Å². The van der Waals surface area contributed by atoms with Gasteiger partial charge < -0.3 is 15.2 Å². The van der Waals surface area contributed by atoms with Gasteiger partial charge in [-0.05, 0) is 19.3 Å². The summed E-state index contributed by atoms with van der Waals surface area (Å²) in [5.41, 5.74) is 5.49. The van der Waals surface area contributed by atoms with E-state index < -0.39 is 4.92 Å². The van der Waals surface area contributed by atoms with E-state index in [2.05, 4.69) is 9.97 Å². The second kappa shape index (κ2) is 5.13. The molecule has 1 saturated carbocycles. The average Bonchev–Trinajstić information content (AvgIpc) is 2.74. The van der Waals surface area contributed by atoms with E-state index in [4.69, 9.17) is 15.2 Å². The highest BCUT2D eigenvalue weighted by Gasteiger charge is 2.31. The summed E-state index contributed by atoms with van der Waals surface area (Å²) in [6.07, 6.45) is 3.48. The Kier molecular flexibility index (Phi) is 3.56. The van der Waals surface area contributed by atoms with Crippen LogP contribution in [0.3, 0.4) is 0 Å². The van der Waals surface area contributed by atoms with Crippen molar-refractivity contribution in [2.45, 2.75) is 31.4 Å². The van der Waals surface area contributed by atoms with Crippen molar-refractivity contribution in [2.24, 2.45) is 5.73 Å². The van der Waals surface area contributed by atoms with Gasteiger partial charge in [-0.2, -0.15) is 9.97 Å². The van der Waals surface area contributed by atoms with Crippen molar-refractivity contribution >= 4 is 5.69 Å². The van der Waals surface area contributed by atoms with Gasteiger partial charge in [-0.15, -0.1) is 0 Å². The average molecular weight is 254 g/mol. The minimum atomic E-state index is -0.616. The first kappa shape index (κ1) is 12.5. The molecule has 8 heteroatoms. The summed E-state index contributed by atoms with van der Waals surface area (Å²) in [6.45, 7) is 0. The van der Waals surface area contributed by atoms with Crippen LogP contribution in [0.15, 0.2) is 6.33 Å². The summed E-state index contributed by atoms with van der Waals surface area (Å²) in [4.78, 5) is 17.9. The summed E-state index contributed by atoms with van der Waals surface area (Å²) < 4.78 is 10.4. The SMILES string of the molecule is COc1ncnc(OC2CCCC2N)c1[N+](=O)[O-]. The van der Waals surface area contributed by atoms with E-state index in [1.807, 2.05) is 0 Å². The predicted molar refractivity (Wildman–Crippen MR) is 61.5 cm³/mol. The Hall–Kier alpha value is -1.96. The van der Waals surface area contributed by atoms with Crippen LogP contribution < -0.4 is 15.2 Å². The zero-order chi connectivity index (χ0) is 13.1. The van der Waals surface area contributed by atoms with Crippen LogP contribution in [0.1, 0.15) is 19.3 Å². The standard InChI is InChI=1S/C10H14N4O4/c1-17-9-8(14(15)16)10(13-5-12-9)18-7-4-2-3-6(7)11/h5-7H,2-4,11H2,1H3. The molecule has 2 unspecified atom stereocenters. The van der Waals surface area contributed by atoms with Crippen LogP contribution in [-0.2, 0) is 0 Å². The first-order chi connectivity index (χ1) is 8.63. The molecule has 0 amide bonds. The number of rotatable bonds is 4. The highest BCUT2D eigenvalue weighted by atomic mass is 16.6. The fourth-order valence-electron chi connectivity index (χ4n) is 1.98. The highest BCUT2D eigenvalue weighted by Crippen LogP contribution is 2.34. The van der Waals surface area contributed by atoms with Gasteiger partial charge in [0.2, 0.25) is 0 Å². The third kappa shape index (κ3) is 2.33. The second-order valence-corrected chi connectivity index (χ2v) is 4.04. The highest BCUT2D eigenvalue weighted by molar-refractivity contribution is 5.49. The molecule has 0 aliphatic heterocycles. The van der Waals surface area contributed by atoms with E-state index in [9.17, 15) is 10.1 Å². The van der Waals surface area contributed by atoms with Gasteiger partial charge in [-0.25, -0.2) is 0 Å². The molecule has 0 bridgehead atoms. The third-order valence-electron chi connectivity index (χ3n) is 2.90. The molecule has 2 atom stereocenters. The first-order valence-electron chi connectivity index (χ1n) is 5.59. The predicted octanol–water partition coefficient (Wildman–Crippen LogP) is 0.652. The van der Waals surface area contributed by atoms with Crippen molar-refractivity contribution < 1.29 is 14.4 Å². The topological polar surface area (TPSA) is 113 Å². The normalized spacial score (nSPS) is 22.8. The maximum Gasteiger partial charge on any atom is 0.392 e. The van der Waals surface area contributed by atoms with E-state index in [0.29, 0.717) is 0 Å². The van der Waals surface area contributed by atoms with E-state index in [-0.39, 0.29) is 29.6 Å². The van der Waals surface area contributed by atoms with Crippen molar-refractivity contribution in [1.82, 2.24) is 9.97 Å². The molecule has 1 aromatic heterocycles. The Bertz CT molecular complexity index is 454. The van der Waals surface area contributed by atoms with Crippen molar-refractivity contribution in [1.29, 1.82) is 0 Å². The second-order valence-electron chi connectivity index (χ2n) is 4.04. The molecule has 0 spiro atoms. The lowest BCUT2D eigenvalue weighted by atomic mass is 10.2. The van der Waals surface area contributed by atoms with E-state index in [1.54, 1.807) is 0 Å². The van der Waals surface area contributed by atoms with Crippen molar-refractivity contribution in [3.63, 3.8) is 0 Å². The molecule has 2 rings (SSSR count). The van der Waals surface area contributed by atoms with Crippen LogP contribution in [0.4, 0.5) is 5.69 Å². The molecule has 18 heavy (non-hydrogen) atoms. The van der Waals surface area contributed by atoms with E-state index in [0.717, 1.165) is 19.3 Å². The van der Waals surface area contributed by atoms with Gasteiger partial charge in [0, 0.05) is 6.04 Å². The third-order valence-corrected chi connectivity index (χ3v) is 2.90. The molecular formula is C10H14N4O4. The number of methoxy groups -OCH3 is 1. The molecule has 0 aromatic carbocycles. The molecule has 8 nitrogen and oxygen atoms in total. The molecule has 0 radical (unpaired) electrons. The minimum absolute atomic E-state index is 0.0887. The van der Waals surface area contributed by atoms with E-state index >= 15 is 0 Å². The Morgan fingerprint density at radius 1 is 1.44 bits per heavy atom. The van der Waals surface area contributed by atoms with Crippen molar-refractivity contribution in [3.8, 4) is 11.8 Å². The summed E-state index contributed by atoms with van der Waals surface area (Å²) in [6, 6.07) is -0.120. The van der Waals surface area contributed by atoms with Crippen LogP contribution in [-0.4, -0.2) is 34.1 Å². The van der Waals surface area contributed by atoms with Crippen LogP contribution in [0, 0.1) is 10.1 Å². The lowest BCUT2D eigenvalue weighted by Crippen LogP contribution is -2.34. The molecule has 2 N–H and O–H groups in total. The Balaban J connectivity index is 2.29. The molecular weight excluding hydrogens is 240 g/mol. The van der Waals surface area contributed by atoms with Crippen LogP contribution >= 0.6 is 0 Å². The van der Waals surface area contributed by atoms with Gasteiger partial charge in [-0.3, -0.25) is 10.1 Å². The lowest BCUT2D eigenvalue weighted by Gasteiger charge is -2.16. The molecule has 0 saturated heterocycles. The zero-order valence-corrected chi connectivity index (χ0v) is 9.91. The number of hydrogen-bond acceptors (Lipinski definition) is 7. The largest absolute Gasteiger partial charge is 0.476 e.